The van der Waals surface area contributed by atoms with E-state index in [1.54, 1.807) is 0 Å². The van der Waals surface area contributed by atoms with Crippen molar-refractivity contribution in [3.8, 4) is 11.1 Å². The van der Waals surface area contributed by atoms with E-state index in [1.807, 2.05) is 6.20 Å². The van der Waals surface area contributed by atoms with Crippen molar-refractivity contribution < 1.29 is 0 Å². The summed E-state index contributed by atoms with van der Waals surface area (Å²) in [5.41, 5.74) is 9.73. The van der Waals surface area contributed by atoms with Gasteiger partial charge >= 0.3 is 0 Å². The van der Waals surface area contributed by atoms with Crippen molar-refractivity contribution >= 4 is 22.8 Å². The Morgan fingerprint density at radius 1 is 0.895 bits per heavy atom. The molecule has 0 radical (unpaired) electrons. The highest BCUT2D eigenvalue weighted by Gasteiger charge is 2.22. The molecule has 4 nitrogen and oxygen atoms in total. The summed E-state index contributed by atoms with van der Waals surface area (Å²) in [4.78, 5) is 9.01. The smallest absolute Gasteiger partial charge is 0.0537 e. The number of rotatable bonds is 10. The average Bonchev–Trinajstić information content (AvgIpc) is 3.49. The number of allylic oxidation sites excluding steroid dienone is 2. The maximum absolute atomic E-state index is 4.65. The third kappa shape index (κ3) is 6.36. The molecular weight excluding hydrogens is 464 g/mol. The van der Waals surface area contributed by atoms with Crippen LogP contribution in [0.25, 0.3) is 11.1 Å². The van der Waals surface area contributed by atoms with E-state index in [0.717, 1.165) is 25.2 Å². The molecule has 0 aromatic heterocycles. The van der Waals surface area contributed by atoms with E-state index < -0.39 is 0 Å². The first kappa shape index (κ1) is 25.8. The number of anilines is 3. The van der Waals surface area contributed by atoms with Crippen LogP contribution in [0.5, 0.6) is 0 Å². The van der Waals surface area contributed by atoms with Crippen molar-refractivity contribution in [3.63, 3.8) is 0 Å². The standard InChI is InChI=1S/C34H40N4/c1-26(28-9-5-4-6-10-28)38(34-13-7-11-31(23-34)36-24-32-12-8-22-35-32)25-27-14-16-29(17-15-27)30-18-20-33(21-19-30)37(2)3/h7-8,11,13-23,28,36H,1,4-6,9-10,12,24-25H2,2-3H3. The van der Waals surface area contributed by atoms with Gasteiger partial charge in [-0.25, -0.2) is 0 Å². The summed E-state index contributed by atoms with van der Waals surface area (Å²) in [5, 5.41) is 3.57. The summed E-state index contributed by atoms with van der Waals surface area (Å²) in [7, 11) is 4.15. The fraction of sp³-hybridized carbons (Fsp3) is 0.324. The Kier molecular flexibility index (Phi) is 8.28. The zero-order chi connectivity index (χ0) is 26.3. The van der Waals surface area contributed by atoms with E-state index in [0.29, 0.717) is 5.92 Å². The molecule has 1 saturated carbocycles. The molecule has 1 aliphatic heterocycles. The Morgan fingerprint density at radius 3 is 2.26 bits per heavy atom. The van der Waals surface area contributed by atoms with Gasteiger partial charge in [-0.3, -0.25) is 4.99 Å². The van der Waals surface area contributed by atoms with Gasteiger partial charge in [0.05, 0.1) is 6.54 Å². The lowest BCUT2D eigenvalue weighted by Crippen LogP contribution is -2.27. The Labute approximate surface area is 228 Å². The molecule has 1 fully saturated rings. The molecule has 4 heteroatoms. The van der Waals surface area contributed by atoms with E-state index in [1.165, 1.54) is 71.6 Å². The summed E-state index contributed by atoms with van der Waals surface area (Å²) < 4.78 is 0. The molecule has 0 saturated heterocycles. The fourth-order valence-electron chi connectivity index (χ4n) is 5.46. The normalized spacial score (nSPS) is 15.3. The first-order valence-electron chi connectivity index (χ1n) is 13.9. The molecule has 1 aliphatic carbocycles. The van der Waals surface area contributed by atoms with Crippen molar-refractivity contribution in [2.75, 3.05) is 35.8 Å². The molecular formula is C34H40N4. The zero-order valence-corrected chi connectivity index (χ0v) is 22.9. The monoisotopic (exact) mass is 504 g/mol. The Hall–Kier alpha value is -3.79. The number of nitrogens with one attached hydrogen (secondary N) is 1. The van der Waals surface area contributed by atoms with E-state index in [2.05, 4.69) is 120 Å². The summed E-state index contributed by atoms with van der Waals surface area (Å²) in [6.45, 7) is 6.24. The molecule has 0 bridgehead atoms. The van der Waals surface area contributed by atoms with Crippen molar-refractivity contribution in [2.45, 2.75) is 45.1 Å². The zero-order valence-electron chi connectivity index (χ0n) is 22.9. The van der Waals surface area contributed by atoms with Gasteiger partial charge in [-0.2, -0.15) is 0 Å². The Morgan fingerprint density at radius 2 is 1.61 bits per heavy atom. The van der Waals surface area contributed by atoms with Gasteiger partial charge in [0.1, 0.15) is 0 Å². The highest BCUT2D eigenvalue weighted by Crippen LogP contribution is 2.35. The van der Waals surface area contributed by atoms with Crippen LogP contribution in [0.2, 0.25) is 0 Å². The lowest BCUT2D eigenvalue weighted by atomic mass is 9.86. The van der Waals surface area contributed by atoms with Gasteiger partial charge in [0.2, 0.25) is 0 Å². The second kappa shape index (κ2) is 12.2. The largest absolute Gasteiger partial charge is 0.380 e. The van der Waals surface area contributed by atoms with Crippen molar-refractivity contribution in [2.24, 2.45) is 10.9 Å². The predicted molar refractivity (Wildman–Crippen MR) is 164 cm³/mol. The van der Waals surface area contributed by atoms with Gasteiger partial charge in [0.25, 0.3) is 0 Å². The van der Waals surface area contributed by atoms with Crippen molar-refractivity contribution in [1.29, 1.82) is 0 Å². The summed E-state index contributed by atoms with van der Waals surface area (Å²) >= 11 is 0. The lowest BCUT2D eigenvalue weighted by Gasteiger charge is -2.34. The Bertz CT molecular complexity index is 1280. The maximum atomic E-state index is 4.65. The molecule has 1 heterocycles. The molecule has 2 aliphatic rings. The van der Waals surface area contributed by atoms with Crippen molar-refractivity contribution in [1.82, 2.24) is 0 Å². The van der Waals surface area contributed by atoms with E-state index in [-0.39, 0.29) is 0 Å². The van der Waals surface area contributed by atoms with Crippen LogP contribution < -0.4 is 15.1 Å². The van der Waals surface area contributed by atoms with Gasteiger partial charge in [0.15, 0.2) is 0 Å². The average molecular weight is 505 g/mol. The molecule has 0 atom stereocenters. The minimum Gasteiger partial charge on any atom is -0.380 e. The predicted octanol–water partition coefficient (Wildman–Crippen LogP) is 8.29. The maximum Gasteiger partial charge on any atom is 0.0537 e. The number of hydrogen-bond donors (Lipinski definition) is 1. The van der Waals surface area contributed by atoms with Crippen LogP contribution in [0.1, 0.15) is 44.1 Å². The molecule has 0 unspecified atom stereocenters. The van der Waals surface area contributed by atoms with Gasteiger partial charge in [-0.1, -0.05) is 74.4 Å². The number of benzene rings is 3. The second-order valence-electron chi connectivity index (χ2n) is 10.7. The van der Waals surface area contributed by atoms with E-state index in [4.69, 9.17) is 0 Å². The third-order valence-electron chi connectivity index (χ3n) is 7.81. The number of hydrogen-bond acceptors (Lipinski definition) is 4. The van der Waals surface area contributed by atoms with Crippen LogP contribution >= 0.6 is 0 Å². The van der Waals surface area contributed by atoms with Gasteiger partial charge in [-0.05, 0) is 65.8 Å². The van der Waals surface area contributed by atoms with Gasteiger partial charge in [0, 0.05) is 61.7 Å². The quantitative estimate of drug-likeness (QED) is 0.301. The summed E-state index contributed by atoms with van der Waals surface area (Å²) in [6, 6.07) is 26.6. The summed E-state index contributed by atoms with van der Waals surface area (Å²) in [6.07, 6.45) is 11.4. The SMILES string of the molecule is C=C(C1CCCCC1)N(Cc1ccc(-c2ccc(N(C)C)cc2)cc1)c1cccc(NCC2=NC=CC2)c1. The minimum atomic E-state index is 0.550. The van der Waals surface area contributed by atoms with E-state index in [9.17, 15) is 0 Å². The highest BCUT2D eigenvalue weighted by atomic mass is 15.1. The first-order valence-corrected chi connectivity index (χ1v) is 13.9. The molecule has 0 amide bonds. The molecule has 3 aromatic rings. The van der Waals surface area contributed by atoms with E-state index >= 15 is 0 Å². The highest BCUT2D eigenvalue weighted by molar-refractivity contribution is 5.91. The van der Waals surface area contributed by atoms with Gasteiger partial charge < -0.3 is 15.1 Å². The lowest BCUT2D eigenvalue weighted by molar-refractivity contribution is 0.396. The van der Waals surface area contributed by atoms with Crippen molar-refractivity contribution in [3.05, 3.63) is 103 Å². The Balaban J connectivity index is 1.35. The summed E-state index contributed by atoms with van der Waals surface area (Å²) in [5.74, 6) is 0.550. The number of aliphatic imine (C=N–C) groups is 1. The van der Waals surface area contributed by atoms with Crippen LogP contribution in [0, 0.1) is 5.92 Å². The minimum absolute atomic E-state index is 0.550. The topological polar surface area (TPSA) is 30.9 Å². The molecule has 1 N–H and O–H groups in total. The molecule has 0 spiro atoms. The van der Waals surface area contributed by atoms with Crippen LogP contribution in [0.15, 0.2) is 102 Å². The van der Waals surface area contributed by atoms with Crippen LogP contribution in [-0.2, 0) is 6.54 Å². The molecule has 3 aromatic carbocycles. The molecule has 196 valence electrons. The van der Waals surface area contributed by atoms with Gasteiger partial charge in [-0.15, -0.1) is 0 Å². The number of nitrogens with zero attached hydrogens (tertiary/aromatic N) is 3. The van der Waals surface area contributed by atoms with Crippen LogP contribution in [-0.4, -0.2) is 26.4 Å². The van der Waals surface area contributed by atoms with Crippen LogP contribution in [0.4, 0.5) is 17.1 Å². The first-order chi connectivity index (χ1) is 18.6. The molecule has 38 heavy (non-hydrogen) atoms. The fourth-order valence-corrected chi connectivity index (χ4v) is 5.46. The second-order valence-corrected chi connectivity index (χ2v) is 10.7. The third-order valence-corrected chi connectivity index (χ3v) is 7.81. The molecule has 5 rings (SSSR count). The van der Waals surface area contributed by atoms with Crippen LogP contribution in [0.3, 0.4) is 0 Å².